The molecule has 0 unspecified atom stereocenters. The molecule has 0 aliphatic carbocycles. The predicted octanol–water partition coefficient (Wildman–Crippen LogP) is 2.16. The molecule has 124 valence electrons. The molecule has 0 aliphatic rings. The number of amides is 2. The highest BCUT2D eigenvalue weighted by Gasteiger charge is 2.03. The molecule has 2 aromatic rings. The van der Waals surface area contributed by atoms with Crippen molar-refractivity contribution < 1.29 is 9.53 Å². The molecule has 8 nitrogen and oxygen atoms in total. The molecule has 0 spiro atoms. The van der Waals surface area contributed by atoms with E-state index in [0.717, 1.165) is 11.3 Å². The van der Waals surface area contributed by atoms with Crippen LogP contribution in [0.15, 0.2) is 53.6 Å². The maximum absolute atomic E-state index is 11.9. The second-order valence-corrected chi connectivity index (χ2v) is 4.71. The van der Waals surface area contributed by atoms with E-state index in [1.165, 1.54) is 6.21 Å². The molecular formula is C16H18N6O2. The van der Waals surface area contributed by atoms with Crippen molar-refractivity contribution in [3.05, 3.63) is 54.1 Å². The molecule has 0 atom stereocenters. The monoisotopic (exact) mass is 326 g/mol. The fourth-order valence-corrected chi connectivity index (χ4v) is 1.80. The second kappa shape index (κ2) is 8.18. The van der Waals surface area contributed by atoms with Crippen LogP contribution < -0.4 is 26.5 Å². The van der Waals surface area contributed by atoms with E-state index in [1.54, 1.807) is 55.6 Å². The Balaban J connectivity index is 1.89. The summed E-state index contributed by atoms with van der Waals surface area (Å²) in [6, 6.07) is 13.7. The van der Waals surface area contributed by atoms with Crippen LogP contribution in [0.3, 0.4) is 0 Å². The minimum atomic E-state index is -0.347. The van der Waals surface area contributed by atoms with Gasteiger partial charge >= 0.3 is 6.03 Å². The second-order valence-electron chi connectivity index (χ2n) is 4.71. The third-order valence-corrected chi connectivity index (χ3v) is 2.92. The fourth-order valence-electron chi connectivity index (χ4n) is 1.80. The first-order valence-corrected chi connectivity index (χ1v) is 7.02. The van der Waals surface area contributed by atoms with Crippen LogP contribution in [-0.4, -0.2) is 25.3 Å². The van der Waals surface area contributed by atoms with E-state index in [1.807, 2.05) is 0 Å². The summed E-state index contributed by atoms with van der Waals surface area (Å²) in [4.78, 5) is 11.9. The highest BCUT2D eigenvalue weighted by molar-refractivity contribution is 6.00. The maximum Gasteiger partial charge on any atom is 0.323 e. The topological polar surface area (TPSA) is 125 Å². The van der Waals surface area contributed by atoms with Gasteiger partial charge in [0.25, 0.3) is 0 Å². The summed E-state index contributed by atoms with van der Waals surface area (Å²) in [6.45, 7) is 0. The van der Waals surface area contributed by atoms with Gasteiger partial charge < -0.3 is 21.1 Å². The first kappa shape index (κ1) is 16.8. The van der Waals surface area contributed by atoms with Crippen LogP contribution in [-0.2, 0) is 0 Å². The van der Waals surface area contributed by atoms with Crippen LogP contribution in [0.4, 0.5) is 16.2 Å². The van der Waals surface area contributed by atoms with Gasteiger partial charge in [0.15, 0.2) is 0 Å². The number of hydrogen-bond donors (Lipinski definition) is 5. The fraction of sp³-hybridized carbons (Fsp3) is 0.0625. The van der Waals surface area contributed by atoms with Crippen molar-refractivity contribution in [2.75, 3.05) is 17.7 Å². The number of rotatable bonds is 5. The molecular weight excluding hydrogens is 308 g/mol. The Bertz CT molecular complexity index is 725. The Hall–Kier alpha value is -3.55. The van der Waals surface area contributed by atoms with Gasteiger partial charge in [-0.05, 0) is 42.0 Å². The van der Waals surface area contributed by atoms with Crippen molar-refractivity contribution in [3.63, 3.8) is 0 Å². The summed E-state index contributed by atoms with van der Waals surface area (Å²) in [6.07, 6.45) is 1.52. The third-order valence-electron chi connectivity index (χ3n) is 2.92. The van der Waals surface area contributed by atoms with E-state index in [0.29, 0.717) is 11.4 Å². The zero-order valence-corrected chi connectivity index (χ0v) is 13.0. The average Bonchev–Trinajstić information content (AvgIpc) is 2.57. The zero-order valence-electron chi connectivity index (χ0n) is 13.0. The number of nitrogens with two attached hydrogens (primary N) is 1. The molecule has 0 aliphatic heterocycles. The van der Waals surface area contributed by atoms with E-state index in [4.69, 9.17) is 15.9 Å². The Labute approximate surface area is 139 Å². The number of hydrogen-bond acceptors (Lipinski definition) is 4. The number of ether oxygens (including phenoxy) is 1. The smallest absolute Gasteiger partial charge is 0.323 e. The Kier molecular flexibility index (Phi) is 5.73. The van der Waals surface area contributed by atoms with Crippen molar-refractivity contribution in [3.8, 4) is 5.75 Å². The lowest BCUT2D eigenvalue weighted by Gasteiger charge is -2.08. The lowest BCUT2D eigenvalue weighted by atomic mass is 10.2. The van der Waals surface area contributed by atoms with Crippen LogP contribution in [0, 0.1) is 5.41 Å². The normalized spacial score (nSPS) is 10.2. The number of hydrazone groups is 1. The van der Waals surface area contributed by atoms with Gasteiger partial charge in [0.2, 0.25) is 5.96 Å². The third kappa shape index (κ3) is 5.34. The van der Waals surface area contributed by atoms with Crippen LogP contribution in [0.5, 0.6) is 5.75 Å². The van der Waals surface area contributed by atoms with E-state index >= 15 is 0 Å². The molecule has 2 rings (SSSR count). The quantitative estimate of drug-likeness (QED) is 0.328. The highest BCUT2D eigenvalue weighted by Crippen LogP contribution is 2.15. The van der Waals surface area contributed by atoms with Crippen LogP contribution in [0.1, 0.15) is 5.56 Å². The van der Waals surface area contributed by atoms with Crippen LogP contribution >= 0.6 is 0 Å². The molecule has 2 aromatic carbocycles. The maximum atomic E-state index is 11.9. The van der Waals surface area contributed by atoms with E-state index in [9.17, 15) is 4.79 Å². The zero-order chi connectivity index (χ0) is 17.4. The minimum absolute atomic E-state index is 0.236. The summed E-state index contributed by atoms with van der Waals surface area (Å²) in [5.41, 5.74) is 9.52. The van der Waals surface area contributed by atoms with Crippen molar-refractivity contribution in [2.45, 2.75) is 0 Å². The van der Waals surface area contributed by atoms with Crippen molar-refractivity contribution in [1.82, 2.24) is 5.43 Å². The van der Waals surface area contributed by atoms with Crippen LogP contribution in [0.2, 0.25) is 0 Å². The number of guanidine groups is 1. The Morgan fingerprint density at radius 2 is 1.62 bits per heavy atom. The molecule has 0 radical (unpaired) electrons. The summed E-state index contributed by atoms with van der Waals surface area (Å²) in [5.74, 6) is 0.484. The first-order chi connectivity index (χ1) is 11.6. The van der Waals surface area contributed by atoms with Gasteiger partial charge in [-0.2, -0.15) is 5.10 Å². The number of anilines is 2. The summed E-state index contributed by atoms with van der Waals surface area (Å²) < 4.78 is 5.06. The number of benzene rings is 2. The summed E-state index contributed by atoms with van der Waals surface area (Å²) in [7, 11) is 1.58. The van der Waals surface area contributed by atoms with Gasteiger partial charge in [-0.1, -0.05) is 12.1 Å². The molecule has 0 fully saturated rings. The number of carbonyl (C=O) groups is 1. The number of nitrogens with one attached hydrogen (secondary N) is 4. The van der Waals surface area contributed by atoms with Crippen LogP contribution in [0.25, 0.3) is 0 Å². The lowest BCUT2D eigenvalue weighted by molar-refractivity contribution is 0.262. The van der Waals surface area contributed by atoms with Gasteiger partial charge in [-0.15, -0.1) is 0 Å². The van der Waals surface area contributed by atoms with Gasteiger partial charge in [0.1, 0.15) is 5.75 Å². The molecule has 0 heterocycles. The molecule has 0 aromatic heterocycles. The Morgan fingerprint density at radius 3 is 2.12 bits per heavy atom. The number of carbonyl (C=O) groups excluding carboxylic acids is 1. The van der Waals surface area contributed by atoms with Gasteiger partial charge in [0.05, 0.1) is 13.3 Å². The Morgan fingerprint density at radius 1 is 1.08 bits per heavy atom. The first-order valence-electron chi connectivity index (χ1n) is 7.02. The molecule has 8 heteroatoms. The van der Waals surface area contributed by atoms with E-state index in [-0.39, 0.29) is 12.0 Å². The molecule has 0 bridgehead atoms. The predicted molar refractivity (Wildman–Crippen MR) is 94.7 cm³/mol. The van der Waals surface area contributed by atoms with E-state index < -0.39 is 0 Å². The SMILES string of the molecule is COc1ccc(NC(=O)Nc2ccc(/C=N/NC(=N)N)cc2)cc1. The molecule has 2 amide bonds. The standard InChI is InChI=1S/C16H18N6O2/c1-24-14-8-6-13(7-9-14)21-16(23)20-12-4-2-11(3-5-12)10-19-22-15(17)18/h2-10H,1H3,(H4,17,18,22)(H2,20,21,23)/b19-10+. The number of urea groups is 1. The van der Waals surface area contributed by atoms with Gasteiger partial charge in [-0.3, -0.25) is 5.41 Å². The van der Waals surface area contributed by atoms with Gasteiger partial charge in [0, 0.05) is 11.4 Å². The molecule has 0 saturated carbocycles. The summed E-state index contributed by atoms with van der Waals surface area (Å²) in [5, 5.41) is 16.2. The molecule has 0 saturated heterocycles. The molecule has 6 N–H and O–H groups in total. The van der Waals surface area contributed by atoms with Crippen molar-refractivity contribution in [2.24, 2.45) is 10.8 Å². The lowest BCUT2D eigenvalue weighted by Crippen LogP contribution is -2.25. The molecule has 24 heavy (non-hydrogen) atoms. The largest absolute Gasteiger partial charge is 0.497 e. The number of nitrogens with zero attached hydrogens (tertiary/aromatic N) is 1. The van der Waals surface area contributed by atoms with Gasteiger partial charge in [-0.25, -0.2) is 10.2 Å². The average molecular weight is 326 g/mol. The van der Waals surface area contributed by atoms with E-state index in [2.05, 4.69) is 21.2 Å². The minimum Gasteiger partial charge on any atom is -0.497 e. The van der Waals surface area contributed by atoms with Crippen molar-refractivity contribution in [1.29, 1.82) is 5.41 Å². The van der Waals surface area contributed by atoms with Crippen molar-refractivity contribution >= 4 is 29.6 Å². The summed E-state index contributed by atoms with van der Waals surface area (Å²) >= 11 is 0. The highest BCUT2D eigenvalue weighted by atomic mass is 16.5. The number of methoxy groups -OCH3 is 1.